The fourth-order valence-corrected chi connectivity index (χ4v) is 3.89. The Morgan fingerprint density at radius 1 is 1.23 bits per heavy atom. The van der Waals surface area contributed by atoms with Crippen LogP contribution < -0.4 is 10.1 Å². The highest BCUT2D eigenvalue weighted by atomic mass is 16.5. The molecule has 0 radical (unpaired) electrons. The smallest absolute Gasteiger partial charge is 0.254 e. The summed E-state index contributed by atoms with van der Waals surface area (Å²) in [5.41, 5.74) is 3.07. The molecule has 0 saturated carbocycles. The van der Waals surface area contributed by atoms with Crippen molar-refractivity contribution in [1.29, 1.82) is 0 Å². The van der Waals surface area contributed by atoms with Gasteiger partial charge in [-0.15, -0.1) is 0 Å². The Balaban J connectivity index is 1.47. The zero-order valence-corrected chi connectivity index (χ0v) is 16.8. The average molecular weight is 404 g/mol. The maximum Gasteiger partial charge on any atom is 0.254 e. The van der Waals surface area contributed by atoms with Crippen molar-refractivity contribution < 1.29 is 14.3 Å². The van der Waals surface area contributed by atoms with Crippen molar-refractivity contribution in [2.45, 2.75) is 25.3 Å². The van der Waals surface area contributed by atoms with Gasteiger partial charge < -0.3 is 15.0 Å². The number of hydrogen-bond acceptors (Lipinski definition) is 4. The van der Waals surface area contributed by atoms with E-state index in [-0.39, 0.29) is 24.3 Å². The van der Waals surface area contributed by atoms with E-state index in [1.165, 1.54) is 0 Å². The summed E-state index contributed by atoms with van der Waals surface area (Å²) in [6.07, 6.45) is 5.48. The number of amides is 2. The molecular weight excluding hydrogens is 380 g/mol. The summed E-state index contributed by atoms with van der Waals surface area (Å²) in [7, 11) is 1.58. The van der Waals surface area contributed by atoms with Crippen LogP contribution in [0.25, 0.3) is 11.1 Å². The Hall–Kier alpha value is -3.61. The molecule has 1 aliphatic heterocycles. The molecule has 0 bridgehead atoms. The summed E-state index contributed by atoms with van der Waals surface area (Å²) in [6, 6.07) is 14.7. The lowest BCUT2D eigenvalue weighted by molar-refractivity contribution is -0.117. The molecule has 2 aromatic carbocycles. The normalized spacial score (nSPS) is 15.8. The SMILES string of the molecule is COc1cc(C(=O)N2CCC[C@@H]2CC(=O)Nc2ccccc2)ccc1-c1cn[nH]c1. The Bertz CT molecular complexity index is 1020. The second-order valence-electron chi connectivity index (χ2n) is 7.31. The van der Waals surface area contributed by atoms with Gasteiger partial charge in [0.1, 0.15) is 5.75 Å². The third kappa shape index (κ3) is 4.20. The summed E-state index contributed by atoms with van der Waals surface area (Å²) in [4.78, 5) is 27.5. The Morgan fingerprint density at radius 2 is 2.07 bits per heavy atom. The molecule has 1 aromatic heterocycles. The molecular formula is C23H24N4O3. The fourth-order valence-electron chi connectivity index (χ4n) is 3.89. The minimum atomic E-state index is -0.110. The maximum absolute atomic E-state index is 13.2. The van der Waals surface area contributed by atoms with Crippen LogP contribution in [0.3, 0.4) is 0 Å². The Morgan fingerprint density at radius 3 is 2.80 bits per heavy atom. The quantitative estimate of drug-likeness (QED) is 0.656. The van der Waals surface area contributed by atoms with Crippen LogP contribution in [0.2, 0.25) is 0 Å². The molecule has 7 heteroatoms. The third-order valence-corrected chi connectivity index (χ3v) is 5.37. The number of rotatable bonds is 6. The van der Waals surface area contributed by atoms with Gasteiger partial charge in [0.2, 0.25) is 5.91 Å². The highest BCUT2D eigenvalue weighted by molar-refractivity contribution is 5.97. The number of carbonyl (C=O) groups is 2. The molecule has 1 aliphatic rings. The minimum Gasteiger partial charge on any atom is -0.496 e. The molecule has 0 aliphatic carbocycles. The Labute approximate surface area is 175 Å². The first-order chi connectivity index (χ1) is 14.7. The molecule has 1 saturated heterocycles. The number of anilines is 1. The second-order valence-corrected chi connectivity index (χ2v) is 7.31. The van der Waals surface area contributed by atoms with Gasteiger partial charge in [0.15, 0.2) is 0 Å². The van der Waals surface area contributed by atoms with E-state index < -0.39 is 0 Å². The van der Waals surface area contributed by atoms with E-state index >= 15 is 0 Å². The first-order valence-electron chi connectivity index (χ1n) is 9.99. The molecule has 1 fully saturated rings. The number of carbonyl (C=O) groups excluding carboxylic acids is 2. The third-order valence-electron chi connectivity index (χ3n) is 5.37. The van der Waals surface area contributed by atoms with Crippen molar-refractivity contribution in [1.82, 2.24) is 15.1 Å². The maximum atomic E-state index is 13.2. The summed E-state index contributed by atoms with van der Waals surface area (Å²) in [6.45, 7) is 0.647. The number of likely N-dealkylation sites (tertiary alicyclic amines) is 1. The van der Waals surface area contributed by atoms with E-state index in [0.29, 0.717) is 17.9 Å². The van der Waals surface area contributed by atoms with Crippen LogP contribution in [0.5, 0.6) is 5.75 Å². The summed E-state index contributed by atoms with van der Waals surface area (Å²) < 4.78 is 5.50. The number of aromatic nitrogens is 2. The van der Waals surface area contributed by atoms with E-state index in [2.05, 4.69) is 15.5 Å². The van der Waals surface area contributed by atoms with Gasteiger partial charge in [-0.05, 0) is 43.2 Å². The number of nitrogens with zero attached hydrogens (tertiary/aromatic N) is 2. The first kappa shape index (κ1) is 19.7. The number of benzene rings is 2. The van der Waals surface area contributed by atoms with E-state index in [1.54, 1.807) is 36.5 Å². The predicted octanol–water partition coefficient (Wildman–Crippen LogP) is 3.72. The van der Waals surface area contributed by atoms with E-state index in [4.69, 9.17) is 4.74 Å². The topological polar surface area (TPSA) is 87.3 Å². The van der Waals surface area contributed by atoms with Crippen molar-refractivity contribution in [2.75, 3.05) is 19.0 Å². The van der Waals surface area contributed by atoms with Crippen molar-refractivity contribution in [2.24, 2.45) is 0 Å². The Kier molecular flexibility index (Phi) is 5.79. The largest absolute Gasteiger partial charge is 0.496 e. The molecule has 2 N–H and O–H groups in total. The average Bonchev–Trinajstić information content (AvgIpc) is 3.46. The molecule has 3 aromatic rings. The molecule has 30 heavy (non-hydrogen) atoms. The van der Waals surface area contributed by atoms with Gasteiger partial charge in [-0.3, -0.25) is 14.7 Å². The monoisotopic (exact) mass is 404 g/mol. The lowest BCUT2D eigenvalue weighted by Gasteiger charge is -2.25. The minimum absolute atomic E-state index is 0.0814. The lowest BCUT2D eigenvalue weighted by atomic mass is 10.0. The van der Waals surface area contributed by atoms with E-state index in [1.807, 2.05) is 36.4 Å². The van der Waals surface area contributed by atoms with Crippen molar-refractivity contribution >= 4 is 17.5 Å². The standard InChI is InChI=1S/C23H24N4O3/c1-30-21-12-16(9-10-20(21)17-14-24-25-15-17)23(29)27-11-5-8-19(27)13-22(28)26-18-6-3-2-4-7-18/h2-4,6-7,9-10,12,14-15,19H,5,8,11,13H2,1H3,(H,24,25)(H,26,28)/t19-/m1/s1. The van der Waals surface area contributed by atoms with Crippen LogP contribution in [0.15, 0.2) is 60.9 Å². The van der Waals surface area contributed by atoms with Gasteiger partial charge in [-0.25, -0.2) is 0 Å². The molecule has 2 amide bonds. The lowest BCUT2D eigenvalue weighted by Crippen LogP contribution is -2.37. The molecule has 7 nitrogen and oxygen atoms in total. The van der Waals surface area contributed by atoms with Gasteiger partial charge >= 0.3 is 0 Å². The summed E-state index contributed by atoms with van der Waals surface area (Å²) >= 11 is 0. The number of nitrogens with one attached hydrogen (secondary N) is 2. The molecule has 2 heterocycles. The first-order valence-corrected chi connectivity index (χ1v) is 9.99. The van der Waals surface area contributed by atoms with E-state index in [9.17, 15) is 9.59 Å². The number of H-pyrrole nitrogens is 1. The van der Waals surface area contributed by atoms with Gasteiger partial charge in [0, 0.05) is 47.6 Å². The van der Waals surface area contributed by atoms with Crippen LogP contribution >= 0.6 is 0 Å². The van der Waals surface area contributed by atoms with Crippen LogP contribution in [-0.2, 0) is 4.79 Å². The van der Waals surface area contributed by atoms with Crippen molar-refractivity contribution in [3.8, 4) is 16.9 Å². The summed E-state index contributed by atoms with van der Waals surface area (Å²) in [5.74, 6) is 0.445. The van der Waals surface area contributed by atoms with Crippen LogP contribution in [0.1, 0.15) is 29.6 Å². The van der Waals surface area contributed by atoms with E-state index in [0.717, 1.165) is 29.7 Å². The summed E-state index contributed by atoms with van der Waals surface area (Å²) in [5, 5.41) is 9.66. The van der Waals surface area contributed by atoms with Crippen LogP contribution in [-0.4, -0.2) is 46.6 Å². The molecule has 0 unspecified atom stereocenters. The molecule has 4 rings (SSSR count). The molecule has 154 valence electrons. The zero-order valence-electron chi connectivity index (χ0n) is 16.8. The number of ether oxygens (including phenoxy) is 1. The zero-order chi connectivity index (χ0) is 20.9. The predicted molar refractivity (Wildman–Crippen MR) is 114 cm³/mol. The van der Waals surface area contributed by atoms with Gasteiger partial charge in [0.05, 0.1) is 13.3 Å². The van der Waals surface area contributed by atoms with Crippen LogP contribution in [0.4, 0.5) is 5.69 Å². The van der Waals surface area contributed by atoms with Gasteiger partial charge in [-0.2, -0.15) is 5.10 Å². The number of para-hydroxylation sites is 1. The van der Waals surface area contributed by atoms with Crippen molar-refractivity contribution in [3.05, 3.63) is 66.5 Å². The van der Waals surface area contributed by atoms with Crippen molar-refractivity contribution in [3.63, 3.8) is 0 Å². The fraction of sp³-hybridized carbons (Fsp3) is 0.261. The number of hydrogen-bond donors (Lipinski definition) is 2. The van der Waals surface area contributed by atoms with Gasteiger partial charge in [-0.1, -0.05) is 18.2 Å². The van der Waals surface area contributed by atoms with Crippen LogP contribution in [0, 0.1) is 0 Å². The number of aromatic amines is 1. The second kappa shape index (κ2) is 8.82. The molecule has 1 atom stereocenters. The number of methoxy groups -OCH3 is 1. The molecule has 0 spiro atoms. The highest BCUT2D eigenvalue weighted by Gasteiger charge is 2.31. The van der Waals surface area contributed by atoms with Gasteiger partial charge in [0.25, 0.3) is 5.91 Å². The highest BCUT2D eigenvalue weighted by Crippen LogP contribution is 2.31.